The normalized spacial score (nSPS) is 10.6. The lowest BCUT2D eigenvalue weighted by Crippen LogP contribution is -2.17. The Labute approximate surface area is 146 Å². The fraction of sp³-hybridized carbons (Fsp3) is 0.0476. The van der Waals surface area contributed by atoms with Crippen LogP contribution in [0.1, 0.15) is 15.9 Å². The maximum atomic E-state index is 12.0. The molecule has 124 valence electrons. The lowest BCUT2D eigenvalue weighted by molar-refractivity contribution is 0.0955. The standard InChI is InChI=1S/C21H18N2O2/c1-25-20-13-11-19(12-14-20)21(24)23-22-15-16-7-9-18(10-8-16)17-5-3-2-4-6-17/h2-15H,1H3,(H,23,24)/b22-15-. The van der Waals surface area contributed by atoms with Gasteiger partial charge in [0.25, 0.3) is 5.91 Å². The zero-order chi connectivity index (χ0) is 17.5. The van der Waals surface area contributed by atoms with Crippen molar-refractivity contribution in [3.05, 3.63) is 90.0 Å². The molecule has 25 heavy (non-hydrogen) atoms. The zero-order valence-electron chi connectivity index (χ0n) is 13.8. The van der Waals surface area contributed by atoms with Crippen LogP contribution in [-0.2, 0) is 0 Å². The Morgan fingerprint density at radius 1 is 0.880 bits per heavy atom. The van der Waals surface area contributed by atoms with Crippen LogP contribution in [0.3, 0.4) is 0 Å². The van der Waals surface area contributed by atoms with Gasteiger partial charge in [-0.05, 0) is 41.0 Å². The van der Waals surface area contributed by atoms with E-state index in [0.29, 0.717) is 11.3 Å². The molecule has 0 aromatic heterocycles. The monoisotopic (exact) mass is 330 g/mol. The largest absolute Gasteiger partial charge is 0.497 e. The number of amides is 1. The highest BCUT2D eigenvalue weighted by molar-refractivity contribution is 5.95. The third-order valence-electron chi connectivity index (χ3n) is 3.75. The van der Waals surface area contributed by atoms with Crippen LogP contribution in [0.5, 0.6) is 5.75 Å². The number of rotatable bonds is 5. The predicted molar refractivity (Wildman–Crippen MR) is 99.9 cm³/mol. The van der Waals surface area contributed by atoms with E-state index in [1.807, 2.05) is 42.5 Å². The van der Waals surface area contributed by atoms with E-state index in [1.165, 1.54) is 5.56 Å². The zero-order valence-corrected chi connectivity index (χ0v) is 13.8. The molecule has 0 fully saturated rings. The highest BCUT2D eigenvalue weighted by Gasteiger charge is 2.03. The molecule has 0 atom stereocenters. The molecule has 0 aliphatic rings. The van der Waals surface area contributed by atoms with E-state index in [9.17, 15) is 4.79 Å². The number of benzene rings is 3. The maximum Gasteiger partial charge on any atom is 0.271 e. The van der Waals surface area contributed by atoms with Crippen LogP contribution in [0.15, 0.2) is 84.0 Å². The topological polar surface area (TPSA) is 50.7 Å². The highest BCUT2D eigenvalue weighted by atomic mass is 16.5. The molecular formula is C21H18N2O2. The van der Waals surface area contributed by atoms with Crippen molar-refractivity contribution < 1.29 is 9.53 Å². The Morgan fingerprint density at radius 2 is 1.52 bits per heavy atom. The van der Waals surface area contributed by atoms with Gasteiger partial charge in [0.2, 0.25) is 0 Å². The van der Waals surface area contributed by atoms with Gasteiger partial charge in [-0.25, -0.2) is 5.43 Å². The molecule has 3 aromatic rings. The van der Waals surface area contributed by atoms with Crippen LogP contribution < -0.4 is 10.2 Å². The van der Waals surface area contributed by atoms with Gasteiger partial charge in [0.15, 0.2) is 0 Å². The lowest BCUT2D eigenvalue weighted by Gasteiger charge is -2.03. The van der Waals surface area contributed by atoms with Crippen LogP contribution in [0.2, 0.25) is 0 Å². The van der Waals surface area contributed by atoms with Crippen molar-refractivity contribution in [1.82, 2.24) is 5.43 Å². The van der Waals surface area contributed by atoms with Crippen LogP contribution in [0.25, 0.3) is 11.1 Å². The average molecular weight is 330 g/mol. The molecule has 0 spiro atoms. The minimum Gasteiger partial charge on any atom is -0.497 e. The summed E-state index contributed by atoms with van der Waals surface area (Å²) in [6.45, 7) is 0. The summed E-state index contributed by atoms with van der Waals surface area (Å²) in [4.78, 5) is 12.0. The van der Waals surface area contributed by atoms with Gasteiger partial charge in [0, 0.05) is 5.56 Å². The number of hydrogen-bond acceptors (Lipinski definition) is 3. The Kier molecular flexibility index (Phi) is 5.22. The first-order chi connectivity index (χ1) is 12.3. The number of nitrogens with one attached hydrogen (secondary N) is 1. The number of carbonyl (C=O) groups excluding carboxylic acids is 1. The molecule has 0 saturated heterocycles. The number of hydrogen-bond donors (Lipinski definition) is 1. The second-order valence-corrected chi connectivity index (χ2v) is 5.42. The Balaban J connectivity index is 1.61. The number of ether oxygens (including phenoxy) is 1. The molecule has 1 amide bonds. The number of hydrazone groups is 1. The number of nitrogens with zero attached hydrogens (tertiary/aromatic N) is 1. The van der Waals surface area contributed by atoms with E-state index >= 15 is 0 Å². The Bertz CT molecular complexity index is 855. The van der Waals surface area contributed by atoms with Gasteiger partial charge in [0.05, 0.1) is 13.3 Å². The Hall–Kier alpha value is -3.40. The van der Waals surface area contributed by atoms with Gasteiger partial charge in [-0.1, -0.05) is 54.6 Å². The first kappa shape index (κ1) is 16.5. The predicted octanol–water partition coefficient (Wildman–Crippen LogP) is 4.13. The molecule has 0 unspecified atom stereocenters. The highest BCUT2D eigenvalue weighted by Crippen LogP contribution is 2.18. The van der Waals surface area contributed by atoms with E-state index in [2.05, 4.69) is 22.7 Å². The van der Waals surface area contributed by atoms with Crippen LogP contribution in [0.4, 0.5) is 0 Å². The Morgan fingerprint density at radius 3 is 2.16 bits per heavy atom. The SMILES string of the molecule is COc1ccc(C(=O)N/N=C\c2ccc(-c3ccccc3)cc2)cc1. The number of methoxy groups -OCH3 is 1. The molecule has 0 aliphatic carbocycles. The summed E-state index contributed by atoms with van der Waals surface area (Å²) in [5.41, 5.74) is 6.26. The van der Waals surface area contributed by atoms with Crippen molar-refractivity contribution in [2.75, 3.05) is 7.11 Å². The molecule has 0 aliphatic heterocycles. The van der Waals surface area contributed by atoms with E-state index in [0.717, 1.165) is 11.1 Å². The summed E-state index contributed by atoms with van der Waals surface area (Å²) in [5.74, 6) is 0.443. The maximum absolute atomic E-state index is 12.0. The molecule has 0 heterocycles. The third kappa shape index (κ3) is 4.32. The quantitative estimate of drug-likeness (QED) is 0.565. The second kappa shape index (κ2) is 7.93. The van der Waals surface area contributed by atoms with E-state index in [1.54, 1.807) is 37.6 Å². The summed E-state index contributed by atoms with van der Waals surface area (Å²) in [7, 11) is 1.59. The summed E-state index contributed by atoms with van der Waals surface area (Å²) < 4.78 is 5.07. The van der Waals surface area contributed by atoms with Crippen LogP contribution >= 0.6 is 0 Å². The van der Waals surface area contributed by atoms with Crippen molar-refractivity contribution in [2.24, 2.45) is 5.10 Å². The molecule has 3 rings (SSSR count). The lowest BCUT2D eigenvalue weighted by atomic mass is 10.0. The van der Waals surface area contributed by atoms with Gasteiger partial charge in [-0.15, -0.1) is 0 Å². The van der Waals surface area contributed by atoms with E-state index in [4.69, 9.17) is 4.74 Å². The van der Waals surface area contributed by atoms with Crippen molar-refractivity contribution in [3.8, 4) is 16.9 Å². The first-order valence-electron chi connectivity index (χ1n) is 7.89. The molecule has 0 bridgehead atoms. The molecule has 4 heteroatoms. The van der Waals surface area contributed by atoms with Gasteiger partial charge in [-0.3, -0.25) is 4.79 Å². The molecule has 1 N–H and O–H groups in total. The minimum absolute atomic E-state index is 0.264. The summed E-state index contributed by atoms with van der Waals surface area (Å²) in [6.07, 6.45) is 1.62. The fourth-order valence-corrected chi connectivity index (χ4v) is 2.36. The first-order valence-corrected chi connectivity index (χ1v) is 7.89. The molecule has 0 radical (unpaired) electrons. The average Bonchev–Trinajstić information content (AvgIpc) is 2.69. The molecule has 0 saturated carbocycles. The minimum atomic E-state index is -0.264. The van der Waals surface area contributed by atoms with Gasteiger partial charge < -0.3 is 4.74 Å². The summed E-state index contributed by atoms with van der Waals surface area (Å²) in [5, 5.41) is 4.01. The summed E-state index contributed by atoms with van der Waals surface area (Å²) in [6, 6.07) is 25.0. The number of carbonyl (C=O) groups is 1. The molecule has 3 aromatic carbocycles. The van der Waals surface area contributed by atoms with Gasteiger partial charge in [0.1, 0.15) is 5.75 Å². The molecule has 4 nitrogen and oxygen atoms in total. The van der Waals surface area contributed by atoms with Crippen molar-refractivity contribution >= 4 is 12.1 Å². The van der Waals surface area contributed by atoms with E-state index < -0.39 is 0 Å². The van der Waals surface area contributed by atoms with Gasteiger partial charge in [-0.2, -0.15) is 5.10 Å². The van der Waals surface area contributed by atoms with Crippen LogP contribution in [0, 0.1) is 0 Å². The van der Waals surface area contributed by atoms with Crippen molar-refractivity contribution in [1.29, 1.82) is 0 Å². The smallest absolute Gasteiger partial charge is 0.271 e. The van der Waals surface area contributed by atoms with Crippen LogP contribution in [-0.4, -0.2) is 19.2 Å². The third-order valence-corrected chi connectivity index (χ3v) is 3.75. The van der Waals surface area contributed by atoms with E-state index in [-0.39, 0.29) is 5.91 Å². The van der Waals surface area contributed by atoms with Gasteiger partial charge >= 0.3 is 0 Å². The fourth-order valence-electron chi connectivity index (χ4n) is 2.36. The summed E-state index contributed by atoms with van der Waals surface area (Å²) >= 11 is 0. The molecular weight excluding hydrogens is 312 g/mol. The van der Waals surface area contributed by atoms with Crippen molar-refractivity contribution in [2.45, 2.75) is 0 Å². The second-order valence-electron chi connectivity index (χ2n) is 5.42. The van der Waals surface area contributed by atoms with Crippen molar-refractivity contribution in [3.63, 3.8) is 0 Å².